The second-order valence-electron chi connectivity index (χ2n) is 4.99. The van der Waals surface area contributed by atoms with Crippen LogP contribution >= 0.6 is 11.6 Å². The highest BCUT2D eigenvalue weighted by molar-refractivity contribution is 6.32. The average Bonchev–Trinajstić information content (AvgIpc) is 2.53. The molecule has 0 aliphatic carbocycles. The number of halogens is 1. The highest BCUT2D eigenvalue weighted by Crippen LogP contribution is 2.32. The molecule has 0 atom stereocenters. The fourth-order valence-electron chi connectivity index (χ4n) is 2.35. The molecule has 0 spiro atoms. The van der Waals surface area contributed by atoms with Gasteiger partial charge in [0.2, 0.25) is 11.2 Å². The molecular weight excluding hydrogens is 300 g/mol. The molecule has 22 heavy (non-hydrogen) atoms. The SMILES string of the molecule is CCOc1c(-c2ccccc2)oc2cc(C)c(Cl)cc2c1=O. The Labute approximate surface area is 133 Å². The van der Waals surface area contributed by atoms with E-state index in [4.69, 9.17) is 20.8 Å². The van der Waals surface area contributed by atoms with Gasteiger partial charge in [0.1, 0.15) is 5.58 Å². The first-order chi connectivity index (χ1) is 10.6. The molecule has 0 saturated heterocycles. The van der Waals surface area contributed by atoms with Crippen LogP contribution in [0.25, 0.3) is 22.3 Å². The molecule has 0 aliphatic rings. The van der Waals surface area contributed by atoms with E-state index in [1.807, 2.05) is 44.2 Å². The largest absolute Gasteiger partial charge is 0.487 e. The summed E-state index contributed by atoms with van der Waals surface area (Å²) in [4.78, 5) is 12.7. The van der Waals surface area contributed by atoms with Crippen LogP contribution in [0.15, 0.2) is 51.7 Å². The van der Waals surface area contributed by atoms with Gasteiger partial charge in [0.05, 0.1) is 12.0 Å². The molecule has 3 nitrogen and oxygen atoms in total. The zero-order valence-corrected chi connectivity index (χ0v) is 13.1. The first kappa shape index (κ1) is 14.7. The number of benzene rings is 2. The van der Waals surface area contributed by atoms with Gasteiger partial charge in [0, 0.05) is 10.6 Å². The van der Waals surface area contributed by atoms with Crippen molar-refractivity contribution < 1.29 is 9.15 Å². The van der Waals surface area contributed by atoms with Crippen LogP contribution in [0.2, 0.25) is 5.02 Å². The minimum atomic E-state index is -0.205. The first-order valence-electron chi connectivity index (χ1n) is 7.07. The van der Waals surface area contributed by atoms with Gasteiger partial charge < -0.3 is 9.15 Å². The molecule has 3 rings (SSSR count). The summed E-state index contributed by atoms with van der Waals surface area (Å²) in [7, 11) is 0. The van der Waals surface area contributed by atoms with Crippen molar-refractivity contribution in [2.45, 2.75) is 13.8 Å². The van der Waals surface area contributed by atoms with Gasteiger partial charge in [-0.25, -0.2) is 0 Å². The van der Waals surface area contributed by atoms with E-state index in [0.29, 0.717) is 28.4 Å². The second kappa shape index (κ2) is 5.85. The second-order valence-corrected chi connectivity index (χ2v) is 5.39. The highest BCUT2D eigenvalue weighted by Gasteiger charge is 2.18. The molecule has 0 fully saturated rings. The molecule has 0 saturated carbocycles. The van der Waals surface area contributed by atoms with E-state index in [1.165, 1.54) is 0 Å². The van der Waals surface area contributed by atoms with Crippen molar-refractivity contribution in [3.8, 4) is 17.1 Å². The van der Waals surface area contributed by atoms with Crippen molar-refractivity contribution in [3.05, 3.63) is 63.3 Å². The van der Waals surface area contributed by atoms with E-state index in [-0.39, 0.29) is 11.2 Å². The molecule has 4 heteroatoms. The van der Waals surface area contributed by atoms with E-state index in [9.17, 15) is 4.79 Å². The molecular formula is C18H15ClO3. The summed E-state index contributed by atoms with van der Waals surface area (Å²) < 4.78 is 11.5. The number of fused-ring (bicyclic) bond motifs is 1. The summed E-state index contributed by atoms with van der Waals surface area (Å²) in [5.41, 5.74) is 1.97. The fraction of sp³-hybridized carbons (Fsp3) is 0.167. The molecule has 0 radical (unpaired) electrons. The van der Waals surface area contributed by atoms with Gasteiger partial charge in [0.15, 0.2) is 5.76 Å². The van der Waals surface area contributed by atoms with E-state index in [0.717, 1.165) is 11.1 Å². The van der Waals surface area contributed by atoms with Gasteiger partial charge in [-0.3, -0.25) is 4.79 Å². The van der Waals surface area contributed by atoms with E-state index in [2.05, 4.69) is 0 Å². The van der Waals surface area contributed by atoms with Crippen LogP contribution in [0.1, 0.15) is 12.5 Å². The lowest BCUT2D eigenvalue weighted by atomic mass is 10.1. The molecule has 3 aromatic rings. The molecule has 0 bridgehead atoms. The van der Waals surface area contributed by atoms with Gasteiger partial charge in [-0.15, -0.1) is 0 Å². The molecule has 2 aromatic carbocycles. The van der Waals surface area contributed by atoms with Gasteiger partial charge in [-0.2, -0.15) is 0 Å². The van der Waals surface area contributed by atoms with Crippen LogP contribution in [0.5, 0.6) is 5.75 Å². The highest BCUT2D eigenvalue weighted by atomic mass is 35.5. The van der Waals surface area contributed by atoms with Gasteiger partial charge in [0.25, 0.3) is 0 Å². The maximum absolute atomic E-state index is 12.7. The van der Waals surface area contributed by atoms with Crippen LogP contribution in [0.3, 0.4) is 0 Å². The van der Waals surface area contributed by atoms with Crippen LogP contribution in [0, 0.1) is 6.92 Å². The maximum Gasteiger partial charge on any atom is 0.235 e. The third-order valence-corrected chi connectivity index (χ3v) is 3.86. The standard InChI is InChI=1S/C18H15ClO3/c1-3-21-18-16(20)13-10-14(19)11(2)9-15(13)22-17(18)12-7-5-4-6-8-12/h4-10H,3H2,1-2H3. The Bertz CT molecular complexity index is 882. The topological polar surface area (TPSA) is 39.4 Å². The van der Waals surface area contributed by atoms with Crippen LogP contribution in [-0.2, 0) is 0 Å². The van der Waals surface area contributed by atoms with Crippen molar-refractivity contribution in [2.75, 3.05) is 6.61 Å². The number of hydrogen-bond donors (Lipinski definition) is 0. The lowest BCUT2D eigenvalue weighted by molar-refractivity contribution is 0.330. The fourth-order valence-corrected chi connectivity index (χ4v) is 2.52. The molecule has 0 unspecified atom stereocenters. The molecule has 112 valence electrons. The summed E-state index contributed by atoms with van der Waals surface area (Å²) in [6.07, 6.45) is 0. The quantitative estimate of drug-likeness (QED) is 0.695. The molecule has 0 amide bonds. The zero-order chi connectivity index (χ0) is 15.7. The lowest BCUT2D eigenvalue weighted by Gasteiger charge is -2.11. The predicted molar refractivity (Wildman–Crippen MR) is 88.8 cm³/mol. The van der Waals surface area contributed by atoms with Crippen molar-refractivity contribution in [1.29, 1.82) is 0 Å². The Morgan fingerprint density at radius 1 is 1.18 bits per heavy atom. The maximum atomic E-state index is 12.7. The minimum Gasteiger partial charge on any atom is -0.487 e. The van der Waals surface area contributed by atoms with Gasteiger partial charge >= 0.3 is 0 Å². The summed E-state index contributed by atoms with van der Waals surface area (Å²) in [5, 5.41) is 0.966. The van der Waals surface area contributed by atoms with E-state index >= 15 is 0 Å². The molecule has 1 aromatic heterocycles. The lowest BCUT2D eigenvalue weighted by Crippen LogP contribution is -2.10. The van der Waals surface area contributed by atoms with Crippen molar-refractivity contribution in [3.63, 3.8) is 0 Å². The predicted octanol–water partition coefficient (Wildman–Crippen LogP) is 4.82. The zero-order valence-electron chi connectivity index (χ0n) is 12.4. The molecule has 1 heterocycles. The number of rotatable bonds is 3. The number of hydrogen-bond acceptors (Lipinski definition) is 3. The third kappa shape index (κ3) is 2.48. The van der Waals surface area contributed by atoms with E-state index < -0.39 is 0 Å². The van der Waals surface area contributed by atoms with Crippen molar-refractivity contribution in [2.24, 2.45) is 0 Å². The average molecular weight is 315 g/mol. The summed E-state index contributed by atoms with van der Waals surface area (Å²) in [6, 6.07) is 12.9. The summed E-state index contributed by atoms with van der Waals surface area (Å²) in [5.74, 6) is 0.669. The van der Waals surface area contributed by atoms with Crippen molar-refractivity contribution in [1.82, 2.24) is 0 Å². The normalized spacial score (nSPS) is 10.9. The third-order valence-electron chi connectivity index (χ3n) is 3.45. The minimum absolute atomic E-state index is 0.205. The van der Waals surface area contributed by atoms with Crippen LogP contribution in [0.4, 0.5) is 0 Å². The monoisotopic (exact) mass is 314 g/mol. The number of ether oxygens (including phenoxy) is 1. The smallest absolute Gasteiger partial charge is 0.235 e. The Morgan fingerprint density at radius 3 is 2.59 bits per heavy atom. The Morgan fingerprint density at radius 2 is 1.91 bits per heavy atom. The van der Waals surface area contributed by atoms with Crippen molar-refractivity contribution >= 4 is 22.6 Å². The molecule has 0 aliphatic heterocycles. The Kier molecular flexibility index (Phi) is 3.90. The van der Waals surface area contributed by atoms with Crippen LogP contribution < -0.4 is 10.2 Å². The number of aryl methyl sites for hydroxylation is 1. The Hall–Kier alpha value is -2.26. The Balaban J connectivity index is 2.38. The molecule has 0 N–H and O–H groups in total. The van der Waals surface area contributed by atoms with E-state index in [1.54, 1.807) is 12.1 Å². The van der Waals surface area contributed by atoms with Crippen LogP contribution in [-0.4, -0.2) is 6.61 Å². The summed E-state index contributed by atoms with van der Waals surface area (Å²) in [6.45, 7) is 4.09. The van der Waals surface area contributed by atoms with Gasteiger partial charge in [-0.05, 0) is 31.5 Å². The van der Waals surface area contributed by atoms with Gasteiger partial charge in [-0.1, -0.05) is 41.9 Å². The summed E-state index contributed by atoms with van der Waals surface area (Å²) >= 11 is 6.12. The first-order valence-corrected chi connectivity index (χ1v) is 7.44.